The number of phenolic OH excluding ortho intramolecular Hbond substituents is 1. The van der Waals surface area contributed by atoms with Crippen LogP contribution in [-0.4, -0.2) is 67.9 Å². The summed E-state index contributed by atoms with van der Waals surface area (Å²) in [6, 6.07) is 8.47. The number of phenols is 1. The van der Waals surface area contributed by atoms with E-state index < -0.39 is 17.7 Å². The predicted molar refractivity (Wildman–Crippen MR) is 124 cm³/mol. The van der Waals surface area contributed by atoms with Gasteiger partial charge in [-0.15, -0.1) is 0 Å². The minimum absolute atomic E-state index is 0.0728. The van der Waals surface area contributed by atoms with Crippen molar-refractivity contribution in [1.82, 2.24) is 4.90 Å². The summed E-state index contributed by atoms with van der Waals surface area (Å²) in [5.41, 5.74) is 0.619. The molecule has 34 heavy (non-hydrogen) atoms. The molecule has 1 aliphatic heterocycles. The summed E-state index contributed by atoms with van der Waals surface area (Å²) in [4.78, 5) is 27.6. The second-order valence-electron chi connectivity index (χ2n) is 7.57. The van der Waals surface area contributed by atoms with E-state index in [1.807, 2.05) is 0 Å². The average molecular weight is 472 g/mol. The van der Waals surface area contributed by atoms with Gasteiger partial charge in [-0.05, 0) is 49.2 Å². The fourth-order valence-electron chi connectivity index (χ4n) is 3.95. The monoisotopic (exact) mass is 471 g/mol. The van der Waals surface area contributed by atoms with Gasteiger partial charge in [0.2, 0.25) is 0 Å². The lowest BCUT2D eigenvalue weighted by Crippen LogP contribution is -2.31. The second-order valence-corrected chi connectivity index (χ2v) is 7.57. The number of nitrogens with zero attached hydrogens (tertiary/aromatic N) is 1. The van der Waals surface area contributed by atoms with Crippen molar-refractivity contribution in [2.45, 2.75) is 19.4 Å². The maximum Gasteiger partial charge on any atom is 0.295 e. The number of amides is 1. The van der Waals surface area contributed by atoms with Crippen molar-refractivity contribution in [1.29, 1.82) is 0 Å². The number of rotatable bonds is 10. The molecular formula is C25H29NO8. The Morgan fingerprint density at radius 3 is 2.44 bits per heavy atom. The summed E-state index contributed by atoms with van der Waals surface area (Å²) >= 11 is 0. The molecule has 182 valence electrons. The van der Waals surface area contributed by atoms with Crippen molar-refractivity contribution in [3.8, 4) is 23.0 Å². The van der Waals surface area contributed by atoms with Crippen molar-refractivity contribution in [2.75, 3.05) is 41.1 Å². The van der Waals surface area contributed by atoms with Gasteiger partial charge in [-0.25, -0.2) is 0 Å². The number of ether oxygens (including phenoxy) is 4. The van der Waals surface area contributed by atoms with Crippen molar-refractivity contribution in [2.24, 2.45) is 0 Å². The predicted octanol–water partition coefficient (Wildman–Crippen LogP) is 3.27. The number of aliphatic hydroxyl groups is 1. The molecule has 2 N–H and O–H groups in total. The quantitative estimate of drug-likeness (QED) is 0.235. The van der Waals surface area contributed by atoms with Crippen LogP contribution in [0.2, 0.25) is 0 Å². The minimum atomic E-state index is -0.910. The molecule has 3 rings (SSSR count). The first-order chi connectivity index (χ1) is 16.4. The van der Waals surface area contributed by atoms with Crippen LogP contribution < -0.4 is 14.2 Å². The Hall–Kier alpha value is -3.72. The molecule has 9 heteroatoms. The summed E-state index contributed by atoms with van der Waals surface area (Å²) in [6.45, 7) is 2.70. The van der Waals surface area contributed by atoms with Crippen molar-refractivity contribution in [3.05, 3.63) is 53.1 Å². The minimum Gasteiger partial charge on any atom is -0.507 e. The molecule has 2 aromatic carbocycles. The van der Waals surface area contributed by atoms with Gasteiger partial charge in [-0.3, -0.25) is 9.59 Å². The van der Waals surface area contributed by atoms with Crippen LogP contribution >= 0.6 is 0 Å². The molecule has 2 aromatic rings. The number of aromatic hydroxyl groups is 1. The number of benzene rings is 2. The van der Waals surface area contributed by atoms with Gasteiger partial charge in [0.1, 0.15) is 17.3 Å². The molecule has 1 atom stereocenters. The van der Waals surface area contributed by atoms with Gasteiger partial charge in [0, 0.05) is 20.3 Å². The summed E-state index contributed by atoms with van der Waals surface area (Å²) in [7, 11) is 4.47. The third-order valence-electron chi connectivity index (χ3n) is 5.55. The lowest BCUT2D eigenvalue weighted by Gasteiger charge is -2.26. The van der Waals surface area contributed by atoms with Crippen LogP contribution in [-0.2, 0) is 14.3 Å². The maximum atomic E-state index is 13.2. The summed E-state index contributed by atoms with van der Waals surface area (Å²) in [5, 5.41) is 21.5. The van der Waals surface area contributed by atoms with E-state index in [0.717, 1.165) is 0 Å². The summed E-state index contributed by atoms with van der Waals surface area (Å²) < 4.78 is 21.2. The number of hydrogen-bond donors (Lipinski definition) is 2. The Balaban J connectivity index is 2.22. The highest BCUT2D eigenvalue weighted by molar-refractivity contribution is 6.46. The zero-order valence-electron chi connectivity index (χ0n) is 19.7. The topological polar surface area (TPSA) is 115 Å². The molecule has 1 heterocycles. The lowest BCUT2D eigenvalue weighted by atomic mass is 9.94. The molecule has 1 saturated heterocycles. The highest BCUT2D eigenvalue weighted by Gasteiger charge is 2.46. The molecule has 1 aliphatic rings. The van der Waals surface area contributed by atoms with E-state index in [9.17, 15) is 19.8 Å². The van der Waals surface area contributed by atoms with E-state index in [1.54, 1.807) is 38.3 Å². The van der Waals surface area contributed by atoms with Crippen molar-refractivity contribution in [3.63, 3.8) is 0 Å². The molecular weight excluding hydrogens is 442 g/mol. The van der Waals surface area contributed by atoms with Gasteiger partial charge in [-0.2, -0.15) is 0 Å². The normalized spacial score (nSPS) is 17.2. The van der Waals surface area contributed by atoms with Gasteiger partial charge >= 0.3 is 0 Å². The van der Waals surface area contributed by atoms with Crippen LogP contribution in [0.3, 0.4) is 0 Å². The molecule has 9 nitrogen and oxygen atoms in total. The van der Waals surface area contributed by atoms with E-state index in [4.69, 9.17) is 18.9 Å². The number of likely N-dealkylation sites (tertiary alicyclic amines) is 1. The molecule has 1 amide bonds. The fraction of sp³-hybridized carbons (Fsp3) is 0.360. The summed E-state index contributed by atoms with van der Waals surface area (Å²) in [6.07, 6.45) is 0.485. The van der Waals surface area contributed by atoms with Crippen LogP contribution in [0.1, 0.15) is 30.5 Å². The first-order valence-electron chi connectivity index (χ1n) is 10.8. The van der Waals surface area contributed by atoms with Gasteiger partial charge < -0.3 is 34.1 Å². The van der Waals surface area contributed by atoms with E-state index >= 15 is 0 Å². The van der Waals surface area contributed by atoms with Gasteiger partial charge in [0.25, 0.3) is 11.7 Å². The van der Waals surface area contributed by atoms with Crippen LogP contribution in [0.5, 0.6) is 23.0 Å². The van der Waals surface area contributed by atoms with E-state index in [1.165, 1.54) is 31.3 Å². The number of hydrogen-bond acceptors (Lipinski definition) is 8. The van der Waals surface area contributed by atoms with Crippen molar-refractivity contribution < 1.29 is 38.7 Å². The van der Waals surface area contributed by atoms with Gasteiger partial charge in [0.15, 0.2) is 11.5 Å². The van der Waals surface area contributed by atoms with Gasteiger partial charge in [-0.1, -0.05) is 6.07 Å². The smallest absolute Gasteiger partial charge is 0.295 e. The second kappa shape index (κ2) is 10.9. The summed E-state index contributed by atoms with van der Waals surface area (Å²) in [5.74, 6) is -1.07. The number of Topliss-reactive ketones (excluding diaryl/α,β-unsaturated/α-hetero) is 1. The van der Waals surface area contributed by atoms with Crippen LogP contribution in [0, 0.1) is 0 Å². The van der Waals surface area contributed by atoms with Crippen molar-refractivity contribution >= 4 is 17.4 Å². The Bertz CT molecular complexity index is 1090. The molecule has 0 spiro atoms. The zero-order valence-corrected chi connectivity index (χ0v) is 19.7. The first kappa shape index (κ1) is 24.9. The molecule has 1 fully saturated rings. The first-order valence-corrected chi connectivity index (χ1v) is 10.8. The maximum absolute atomic E-state index is 13.2. The van der Waals surface area contributed by atoms with Gasteiger partial charge in [0.05, 0.1) is 38.0 Å². The Labute approximate surface area is 198 Å². The lowest BCUT2D eigenvalue weighted by molar-refractivity contribution is -0.140. The number of aliphatic hydroxyl groups excluding tert-OH is 1. The fourth-order valence-corrected chi connectivity index (χ4v) is 3.95. The highest BCUT2D eigenvalue weighted by atomic mass is 16.5. The SMILES string of the molecule is CCOc1cc(C2/C(=C(\O)c3cc(OC)ccc3OC)C(=O)C(=O)N2CCCOC)ccc1O. The Kier molecular flexibility index (Phi) is 8.01. The number of methoxy groups -OCH3 is 3. The molecule has 1 unspecified atom stereocenters. The van der Waals surface area contributed by atoms with Crippen LogP contribution in [0.25, 0.3) is 5.76 Å². The molecule has 0 aliphatic carbocycles. The third kappa shape index (κ3) is 4.79. The standard InChI is InChI=1S/C25H29NO8/c1-5-34-20-13-15(7-9-18(20)27)22-21(24(29)25(30)26(22)11-6-12-31-2)23(28)17-14-16(32-3)8-10-19(17)33-4/h7-10,13-14,22,27-28H,5-6,11-12H2,1-4H3/b23-21+. The Morgan fingerprint density at radius 1 is 1.03 bits per heavy atom. The average Bonchev–Trinajstić information content (AvgIpc) is 3.09. The molecule has 0 radical (unpaired) electrons. The molecule has 0 bridgehead atoms. The van der Waals surface area contributed by atoms with Crippen LogP contribution in [0.4, 0.5) is 0 Å². The van der Waals surface area contributed by atoms with E-state index in [-0.39, 0.29) is 34.9 Å². The number of carbonyl (C=O) groups excluding carboxylic acids is 2. The zero-order chi connectivity index (χ0) is 24.8. The number of carbonyl (C=O) groups is 2. The molecule has 0 aromatic heterocycles. The Morgan fingerprint density at radius 2 is 1.79 bits per heavy atom. The largest absolute Gasteiger partial charge is 0.507 e. The third-order valence-corrected chi connectivity index (χ3v) is 5.55. The highest BCUT2D eigenvalue weighted by Crippen LogP contribution is 2.43. The number of ketones is 1. The van der Waals surface area contributed by atoms with E-state index in [2.05, 4.69) is 0 Å². The molecule has 0 saturated carbocycles. The van der Waals surface area contributed by atoms with E-state index in [0.29, 0.717) is 36.7 Å². The van der Waals surface area contributed by atoms with Crippen LogP contribution in [0.15, 0.2) is 42.0 Å².